The zero-order valence-corrected chi connectivity index (χ0v) is 12.1. The quantitative estimate of drug-likeness (QED) is 0.803. The normalized spacial score (nSPS) is 43.0. The van der Waals surface area contributed by atoms with Crippen molar-refractivity contribution in [1.29, 1.82) is 0 Å². The third kappa shape index (κ3) is 2.33. The smallest absolute Gasteiger partial charge is 0.0263 e. The van der Waals surface area contributed by atoms with E-state index < -0.39 is 0 Å². The van der Waals surface area contributed by atoms with E-state index in [1.807, 2.05) is 0 Å². The van der Waals surface area contributed by atoms with Gasteiger partial charge in [0.25, 0.3) is 0 Å². The summed E-state index contributed by atoms with van der Waals surface area (Å²) in [6.45, 7) is 7.76. The molecule has 3 fully saturated rings. The van der Waals surface area contributed by atoms with E-state index in [0.717, 1.165) is 24.0 Å². The van der Waals surface area contributed by atoms with E-state index in [0.29, 0.717) is 0 Å². The fourth-order valence-corrected chi connectivity index (χ4v) is 4.55. The number of piperidine rings is 2. The van der Waals surface area contributed by atoms with Gasteiger partial charge in [0.05, 0.1) is 0 Å². The van der Waals surface area contributed by atoms with Gasteiger partial charge in [-0.25, -0.2) is 0 Å². The van der Waals surface area contributed by atoms with Crippen LogP contribution in [0.15, 0.2) is 0 Å². The summed E-state index contributed by atoms with van der Waals surface area (Å²) in [5.41, 5.74) is 0. The van der Waals surface area contributed by atoms with Crippen LogP contribution in [0.1, 0.15) is 39.0 Å². The minimum absolute atomic E-state index is 0.741. The summed E-state index contributed by atoms with van der Waals surface area (Å²) < 4.78 is 0. The van der Waals surface area contributed by atoms with Gasteiger partial charge in [-0.15, -0.1) is 0 Å². The van der Waals surface area contributed by atoms with Crippen LogP contribution in [-0.4, -0.2) is 61.2 Å². The van der Waals surface area contributed by atoms with Crippen molar-refractivity contribution in [3.63, 3.8) is 0 Å². The van der Waals surface area contributed by atoms with Gasteiger partial charge in [0.1, 0.15) is 0 Å². The van der Waals surface area contributed by atoms with Gasteiger partial charge >= 0.3 is 0 Å². The highest BCUT2D eigenvalue weighted by atomic mass is 15.3. The summed E-state index contributed by atoms with van der Waals surface area (Å²) in [7, 11) is 2.12. The summed E-state index contributed by atoms with van der Waals surface area (Å²) in [6, 6.07) is 2.49. The van der Waals surface area contributed by atoms with Crippen LogP contribution in [-0.2, 0) is 0 Å². The predicted octanol–water partition coefficient (Wildman–Crippen LogP) is 1.54. The molecule has 3 aliphatic heterocycles. The lowest BCUT2D eigenvalue weighted by molar-refractivity contribution is 0.0695. The Kier molecular flexibility index (Phi) is 3.92. The number of nitrogens with zero attached hydrogens (tertiary/aromatic N) is 2. The Morgan fingerprint density at radius 2 is 1.67 bits per heavy atom. The summed E-state index contributed by atoms with van der Waals surface area (Å²) in [5, 5.41) is 3.48. The van der Waals surface area contributed by atoms with Gasteiger partial charge in [-0.05, 0) is 51.7 Å². The molecule has 0 aromatic heterocycles. The van der Waals surface area contributed by atoms with Crippen molar-refractivity contribution in [2.75, 3.05) is 33.2 Å². The summed E-state index contributed by atoms with van der Waals surface area (Å²) in [5.74, 6) is 0.807. The van der Waals surface area contributed by atoms with Crippen LogP contribution < -0.4 is 5.32 Å². The Bertz CT molecular complexity index is 281. The van der Waals surface area contributed by atoms with Crippen LogP contribution >= 0.6 is 0 Å². The van der Waals surface area contributed by atoms with Gasteiger partial charge in [0.2, 0.25) is 0 Å². The lowest BCUT2D eigenvalue weighted by atomic mass is 9.90. The zero-order valence-electron chi connectivity index (χ0n) is 12.1. The van der Waals surface area contributed by atoms with E-state index in [-0.39, 0.29) is 0 Å². The van der Waals surface area contributed by atoms with Gasteiger partial charge in [-0.2, -0.15) is 0 Å². The third-order valence-corrected chi connectivity index (χ3v) is 5.60. The maximum atomic E-state index is 3.48. The van der Waals surface area contributed by atoms with Crippen molar-refractivity contribution in [3.05, 3.63) is 0 Å². The van der Waals surface area contributed by atoms with E-state index in [4.69, 9.17) is 0 Å². The van der Waals surface area contributed by atoms with E-state index >= 15 is 0 Å². The number of nitrogens with one attached hydrogen (secondary N) is 1. The van der Waals surface area contributed by atoms with E-state index in [9.17, 15) is 0 Å². The molecule has 1 N–H and O–H groups in total. The molecule has 3 aliphatic rings. The van der Waals surface area contributed by atoms with E-state index in [1.54, 1.807) is 0 Å². The highest BCUT2D eigenvalue weighted by molar-refractivity contribution is 4.97. The Hall–Kier alpha value is -0.120. The molecule has 3 heterocycles. The Labute approximate surface area is 112 Å². The van der Waals surface area contributed by atoms with E-state index in [2.05, 4.69) is 29.1 Å². The van der Waals surface area contributed by atoms with Gasteiger partial charge in [-0.3, -0.25) is 9.80 Å². The molecular formula is C15H29N3. The molecule has 3 rings (SSSR count). The fraction of sp³-hybridized carbons (Fsp3) is 1.00. The molecule has 0 aromatic carbocycles. The van der Waals surface area contributed by atoms with Crippen LogP contribution in [0.5, 0.6) is 0 Å². The summed E-state index contributed by atoms with van der Waals surface area (Å²) in [6.07, 6.45) is 7.09. The molecule has 3 nitrogen and oxygen atoms in total. The Morgan fingerprint density at radius 3 is 2.44 bits per heavy atom. The van der Waals surface area contributed by atoms with Crippen molar-refractivity contribution in [2.24, 2.45) is 5.92 Å². The predicted molar refractivity (Wildman–Crippen MR) is 75.8 cm³/mol. The first-order chi connectivity index (χ1) is 8.79. The van der Waals surface area contributed by atoms with Crippen molar-refractivity contribution in [1.82, 2.24) is 15.1 Å². The van der Waals surface area contributed by atoms with Crippen LogP contribution in [0.4, 0.5) is 0 Å². The highest BCUT2D eigenvalue weighted by Gasteiger charge is 2.40. The second-order valence-electron chi connectivity index (χ2n) is 6.61. The molecule has 0 saturated carbocycles. The molecular weight excluding hydrogens is 222 g/mol. The van der Waals surface area contributed by atoms with Crippen LogP contribution in [0, 0.1) is 5.92 Å². The molecule has 0 spiro atoms. The van der Waals surface area contributed by atoms with Crippen molar-refractivity contribution >= 4 is 0 Å². The molecule has 104 valence electrons. The molecule has 4 atom stereocenters. The first-order valence-corrected chi connectivity index (χ1v) is 7.95. The first-order valence-electron chi connectivity index (χ1n) is 7.95. The number of likely N-dealkylation sites (tertiary alicyclic amines) is 1. The molecule has 0 aromatic rings. The summed E-state index contributed by atoms with van der Waals surface area (Å²) in [4.78, 5) is 5.58. The van der Waals surface area contributed by atoms with Gasteiger partial charge in [-0.1, -0.05) is 13.3 Å². The number of hydrogen-bond donors (Lipinski definition) is 1. The monoisotopic (exact) mass is 251 g/mol. The fourth-order valence-electron chi connectivity index (χ4n) is 4.55. The SMILES string of the molecule is CNC1CCN(C2CCN3CCCCC23)CC1C. The first kappa shape index (κ1) is 12.9. The minimum atomic E-state index is 0.741. The molecule has 0 aliphatic carbocycles. The second kappa shape index (κ2) is 5.48. The molecule has 0 radical (unpaired) electrons. The molecule has 3 heteroatoms. The van der Waals surface area contributed by atoms with Crippen molar-refractivity contribution in [3.8, 4) is 0 Å². The second-order valence-corrected chi connectivity index (χ2v) is 6.61. The van der Waals surface area contributed by atoms with Crippen LogP contribution in [0.2, 0.25) is 0 Å². The standard InChI is InChI=1S/C15H29N3/c1-12-11-18(9-6-13(12)16-2)15-7-10-17-8-4-3-5-14(15)17/h12-16H,3-11H2,1-2H3. The number of hydrogen-bond acceptors (Lipinski definition) is 3. The largest absolute Gasteiger partial charge is 0.317 e. The molecule has 0 amide bonds. The third-order valence-electron chi connectivity index (χ3n) is 5.60. The zero-order chi connectivity index (χ0) is 12.5. The lowest BCUT2D eigenvalue weighted by Gasteiger charge is -2.43. The molecule has 3 saturated heterocycles. The van der Waals surface area contributed by atoms with E-state index in [1.165, 1.54) is 58.3 Å². The minimum Gasteiger partial charge on any atom is -0.317 e. The van der Waals surface area contributed by atoms with Crippen molar-refractivity contribution in [2.45, 2.75) is 57.2 Å². The summed E-state index contributed by atoms with van der Waals surface area (Å²) >= 11 is 0. The number of fused-ring (bicyclic) bond motifs is 1. The van der Waals surface area contributed by atoms with Crippen molar-refractivity contribution < 1.29 is 0 Å². The molecule has 4 unspecified atom stereocenters. The van der Waals surface area contributed by atoms with Gasteiger partial charge in [0.15, 0.2) is 0 Å². The number of rotatable bonds is 2. The maximum Gasteiger partial charge on any atom is 0.0263 e. The molecule has 0 bridgehead atoms. The molecule has 18 heavy (non-hydrogen) atoms. The maximum absolute atomic E-state index is 3.48. The average molecular weight is 251 g/mol. The highest BCUT2D eigenvalue weighted by Crippen LogP contribution is 2.32. The van der Waals surface area contributed by atoms with Crippen LogP contribution in [0.3, 0.4) is 0 Å². The topological polar surface area (TPSA) is 18.5 Å². The van der Waals surface area contributed by atoms with Crippen LogP contribution in [0.25, 0.3) is 0 Å². The Balaban J connectivity index is 1.62. The van der Waals surface area contributed by atoms with Gasteiger partial charge < -0.3 is 5.32 Å². The lowest BCUT2D eigenvalue weighted by Crippen LogP contribution is -2.54. The average Bonchev–Trinajstić information content (AvgIpc) is 2.82. The van der Waals surface area contributed by atoms with Gasteiger partial charge in [0, 0.05) is 31.2 Å². The Morgan fingerprint density at radius 1 is 0.889 bits per heavy atom.